The van der Waals surface area contributed by atoms with Crippen LogP contribution < -0.4 is 0 Å². The summed E-state index contributed by atoms with van der Waals surface area (Å²) in [4.78, 5) is 13.7. The number of rotatable bonds is 0. The topological polar surface area (TPSA) is 43.1 Å². The lowest BCUT2D eigenvalue weighted by Gasteiger charge is -1.97. The second kappa shape index (κ2) is 2.76. The van der Waals surface area contributed by atoms with Crippen LogP contribution in [0, 0.1) is 0 Å². The Bertz CT molecular complexity index is 770. The Labute approximate surface area is 94.6 Å². The summed E-state index contributed by atoms with van der Waals surface area (Å²) in [6.45, 7) is 0. The van der Waals surface area contributed by atoms with E-state index >= 15 is 0 Å². The third kappa shape index (κ3) is 0.953. The Hall–Kier alpha value is -2.01. The maximum atomic E-state index is 4.48. The van der Waals surface area contributed by atoms with E-state index in [-0.39, 0.29) is 0 Å². The molecule has 1 aromatic heterocycles. The van der Waals surface area contributed by atoms with Crippen molar-refractivity contribution in [1.29, 1.82) is 0 Å². The lowest BCUT2D eigenvalue weighted by molar-refractivity contribution is 1.15. The SMILES string of the molecule is c1ccc2c(c1)sc1nc3ncnc-3cn12. The molecule has 4 nitrogen and oxygen atoms in total. The van der Waals surface area contributed by atoms with Gasteiger partial charge in [-0.1, -0.05) is 23.5 Å². The highest BCUT2D eigenvalue weighted by Crippen LogP contribution is 2.27. The molecule has 4 rings (SSSR count). The second-order valence-corrected chi connectivity index (χ2v) is 4.55. The van der Waals surface area contributed by atoms with Gasteiger partial charge in [-0.25, -0.2) is 9.97 Å². The van der Waals surface area contributed by atoms with Crippen molar-refractivity contribution >= 4 is 26.5 Å². The molecule has 16 heavy (non-hydrogen) atoms. The Morgan fingerprint density at radius 3 is 3.06 bits per heavy atom. The number of aromatic nitrogens is 4. The minimum atomic E-state index is 0.714. The van der Waals surface area contributed by atoms with Crippen molar-refractivity contribution in [1.82, 2.24) is 19.4 Å². The lowest BCUT2D eigenvalue weighted by atomic mass is 10.3. The highest BCUT2D eigenvalue weighted by molar-refractivity contribution is 7.23. The van der Waals surface area contributed by atoms with Crippen LogP contribution in [0.4, 0.5) is 0 Å². The molecule has 0 bridgehead atoms. The number of fused-ring (bicyclic) bond motifs is 4. The molecule has 0 spiro atoms. The average Bonchev–Trinajstić information content (AvgIpc) is 2.88. The van der Waals surface area contributed by atoms with Gasteiger partial charge in [0.15, 0.2) is 10.8 Å². The van der Waals surface area contributed by atoms with Gasteiger partial charge in [0.1, 0.15) is 12.0 Å². The molecule has 0 radical (unpaired) electrons. The number of thiazole rings is 1. The van der Waals surface area contributed by atoms with Crippen LogP contribution >= 0.6 is 11.3 Å². The largest absolute Gasteiger partial charge is 0.289 e. The molecule has 2 aliphatic rings. The Morgan fingerprint density at radius 2 is 2.06 bits per heavy atom. The molecule has 0 atom stereocenters. The van der Waals surface area contributed by atoms with Crippen LogP contribution in [0.2, 0.25) is 0 Å². The maximum Gasteiger partial charge on any atom is 0.196 e. The fraction of sp³-hybridized carbons (Fsp3) is 0. The molecule has 0 aliphatic carbocycles. The van der Waals surface area contributed by atoms with Crippen molar-refractivity contribution < 1.29 is 0 Å². The van der Waals surface area contributed by atoms with Crippen molar-refractivity contribution in [2.24, 2.45) is 0 Å². The molecule has 2 aromatic rings. The van der Waals surface area contributed by atoms with E-state index in [4.69, 9.17) is 0 Å². The fourth-order valence-corrected chi connectivity index (χ4v) is 2.85. The zero-order valence-corrected chi connectivity index (χ0v) is 8.98. The molecular weight excluding hydrogens is 220 g/mol. The third-order valence-corrected chi connectivity index (χ3v) is 3.63. The summed E-state index contributed by atoms with van der Waals surface area (Å²) in [5.74, 6) is 0.714. The molecule has 2 aliphatic heterocycles. The first kappa shape index (κ1) is 8.18. The Kier molecular flexibility index (Phi) is 1.41. The number of benzene rings is 1. The van der Waals surface area contributed by atoms with Crippen molar-refractivity contribution in [3.05, 3.63) is 36.8 Å². The lowest BCUT2D eigenvalue weighted by Crippen LogP contribution is -1.91. The zero-order chi connectivity index (χ0) is 10.5. The molecule has 0 amide bonds. The van der Waals surface area contributed by atoms with Gasteiger partial charge in [-0.05, 0) is 12.1 Å². The number of nitrogens with zero attached hydrogens (tertiary/aromatic N) is 4. The summed E-state index contributed by atoms with van der Waals surface area (Å²) in [5.41, 5.74) is 2.00. The van der Waals surface area contributed by atoms with Gasteiger partial charge in [0.05, 0.1) is 10.2 Å². The fourth-order valence-electron chi connectivity index (χ4n) is 1.85. The van der Waals surface area contributed by atoms with Gasteiger partial charge in [0.2, 0.25) is 0 Å². The monoisotopic (exact) mass is 226 g/mol. The van der Waals surface area contributed by atoms with Gasteiger partial charge in [0, 0.05) is 6.20 Å². The van der Waals surface area contributed by atoms with E-state index in [9.17, 15) is 0 Å². The summed E-state index contributed by atoms with van der Waals surface area (Å²) in [6, 6.07) is 8.25. The normalized spacial score (nSPS) is 11.8. The van der Waals surface area contributed by atoms with Crippen molar-refractivity contribution in [3.8, 4) is 11.5 Å². The van der Waals surface area contributed by atoms with E-state index in [0.29, 0.717) is 5.82 Å². The highest BCUT2D eigenvalue weighted by atomic mass is 32.1. The second-order valence-electron chi connectivity index (χ2n) is 3.55. The van der Waals surface area contributed by atoms with Crippen LogP contribution in [0.3, 0.4) is 0 Å². The first-order valence-corrected chi connectivity index (χ1v) is 5.71. The van der Waals surface area contributed by atoms with Gasteiger partial charge in [-0.3, -0.25) is 4.40 Å². The Balaban J connectivity index is 2.30. The van der Waals surface area contributed by atoms with Crippen molar-refractivity contribution in [3.63, 3.8) is 0 Å². The highest BCUT2D eigenvalue weighted by Gasteiger charge is 2.11. The van der Waals surface area contributed by atoms with E-state index in [1.165, 1.54) is 10.2 Å². The summed E-state index contributed by atoms with van der Waals surface area (Å²) >= 11 is 1.66. The number of para-hydroxylation sites is 1. The number of hydrogen-bond donors (Lipinski definition) is 0. The van der Waals surface area contributed by atoms with Gasteiger partial charge in [-0.2, -0.15) is 4.98 Å². The minimum Gasteiger partial charge on any atom is -0.289 e. The smallest absolute Gasteiger partial charge is 0.196 e. The predicted octanol–water partition coefficient (Wildman–Crippen LogP) is 2.44. The standard InChI is InChI=1S/C11H6N4S/c1-2-4-9-8(3-1)15-5-7-10(13-6-12-7)14-11(15)16-9/h1-6H. The summed E-state index contributed by atoms with van der Waals surface area (Å²) < 4.78 is 3.29. The minimum absolute atomic E-state index is 0.714. The van der Waals surface area contributed by atoms with Gasteiger partial charge >= 0.3 is 0 Å². The molecule has 1 aromatic carbocycles. The quantitative estimate of drug-likeness (QED) is 0.462. The molecule has 0 saturated carbocycles. The first-order chi connectivity index (χ1) is 7.92. The molecule has 3 heterocycles. The van der Waals surface area contributed by atoms with Crippen LogP contribution in [0.5, 0.6) is 0 Å². The van der Waals surface area contributed by atoms with Crippen LogP contribution in [0.1, 0.15) is 0 Å². The van der Waals surface area contributed by atoms with Crippen molar-refractivity contribution in [2.75, 3.05) is 0 Å². The molecule has 5 heteroatoms. The van der Waals surface area contributed by atoms with E-state index in [0.717, 1.165) is 10.7 Å². The molecule has 76 valence electrons. The summed E-state index contributed by atoms with van der Waals surface area (Å²) in [5, 5.41) is 0. The van der Waals surface area contributed by atoms with Crippen LogP contribution in [-0.2, 0) is 0 Å². The van der Waals surface area contributed by atoms with Crippen molar-refractivity contribution in [2.45, 2.75) is 0 Å². The molecule has 0 N–H and O–H groups in total. The Morgan fingerprint density at radius 1 is 1.12 bits per heavy atom. The summed E-state index contributed by atoms with van der Waals surface area (Å²) in [7, 11) is 0. The maximum absolute atomic E-state index is 4.48. The van der Waals surface area contributed by atoms with Crippen LogP contribution in [0.25, 0.3) is 26.7 Å². The molecule has 0 unspecified atom stereocenters. The van der Waals surface area contributed by atoms with E-state index in [1.807, 2.05) is 18.3 Å². The van der Waals surface area contributed by atoms with E-state index < -0.39 is 0 Å². The molecule has 0 fully saturated rings. The zero-order valence-electron chi connectivity index (χ0n) is 8.16. The van der Waals surface area contributed by atoms with Gasteiger partial charge in [0.25, 0.3) is 0 Å². The molecule has 0 saturated heterocycles. The van der Waals surface area contributed by atoms with E-state index in [2.05, 4.69) is 31.5 Å². The van der Waals surface area contributed by atoms with Gasteiger partial charge < -0.3 is 0 Å². The first-order valence-electron chi connectivity index (χ1n) is 4.89. The summed E-state index contributed by atoms with van der Waals surface area (Å²) in [6.07, 6.45) is 3.54. The van der Waals surface area contributed by atoms with E-state index in [1.54, 1.807) is 17.7 Å². The number of hydrogen-bond acceptors (Lipinski definition) is 4. The van der Waals surface area contributed by atoms with Gasteiger partial charge in [-0.15, -0.1) is 0 Å². The van der Waals surface area contributed by atoms with Crippen LogP contribution in [-0.4, -0.2) is 19.4 Å². The third-order valence-electron chi connectivity index (χ3n) is 2.59. The predicted molar refractivity (Wildman–Crippen MR) is 62.8 cm³/mol. The average molecular weight is 226 g/mol. The molecular formula is C11H6N4S. The van der Waals surface area contributed by atoms with Crippen LogP contribution in [0.15, 0.2) is 36.8 Å². The number of imidazole rings is 1.